The van der Waals surface area contributed by atoms with Gasteiger partial charge in [0.2, 0.25) is 5.91 Å². The van der Waals surface area contributed by atoms with Gasteiger partial charge in [-0.25, -0.2) is 4.98 Å². The highest BCUT2D eigenvalue weighted by Crippen LogP contribution is 2.12. The summed E-state index contributed by atoms with van der Waals surface area (Å²) in [4.78, 5) is 29.5. The van der Waals surface area contributed by atoms with E-state index in [1.54, 1.807) is 18.3 Å². The molecule has 1 aromatic heterocycles. The van der Waals surface area contributed by atoms with Crippen LogP contribution in [0.25, 0.3) is 0 Å². The Balaban J connectivity index is 2.03. The highest BCUT2D eigenvalue weighted by atomic mass is 16.2. The molecule has 2 heterocycles. The third kappa shape index (κ3) is 3.69. The Kier molecular flexibility index (Phi) is 4.92. The molecule has 0 aromatic carbocycles. The molecule has 0 spiro atoms. The van der Waals surface area contributed by atoms with Gasteiger partial charge in [-0.05, 0) is 25.0 Å². The lowest BCUT2D eigenvalue weighted by Crippen LogP contribution is -2.33. The van der Waals surface area contributed by atoms with Crippen LogP contribution in [0.4, 0.5) is 5.82 Å². The molecule has 6 nitrogen and oxygen atoms in total. The van der Waals surface area contributed by atoms with Crippen LogP contribution >= 0.6 is 0 Å². The highest BCUT2D eigenvalue weighted by molar-refractivity contribution is 5.94. The quantitative estimate of drug-likeness (QED) is 0.842. The average Bonchev–Trinajstić information content (AvgIpc) is 2.69. The number of carbonyl (C=O) groups excluding carboxylic acids is 2. The van der Waals surface area contributed by atoms with Crippen molar-refractivity contribution in [3.05, 3.63) is 23.9 Å². The van der Waals surface area contributed by atoms with Crippen LogP contribution in [0.1, 0.15) is 30.1 Å². The Morgan fingerprint density at radius 1 is 1.50 bits per heavy atom. The minimum absolute atomic E-state index is 0.00839. The normalized spacial score (nSPS) is 15.4. The maximum Gasteiger partial charge on any atom is 0.252 e. The van der Waals surface area contributed by atoms with E-state index in [2.05, 4.69) is 15.6 Å². The maximum absolute atomic E-state index is 11.8. The molecule has 1 aromatic rings. The molecule has 1 aliphatic rings. The Labute approximate surface area is 118 Å². The number of hydrogen-bond acceptors (Lipinski definition) is 4. The van der Waals surface area contributed by atoms with Gasteiger partial charge in [-0.15, -0.1) is 0 Å². The van der Waals surface area contributed by atoms with Crippen molar-refractivity contribution in [2.45, 2.75) is 19.8 Å². The first kappa shape index (κ1) is 14.3. The van der Waals surface area contributed by atoms with Gasteiger partial charge in [0.25, 0.3) is 5.91 Å². The summed E-state index contributed by atoms with van der Waals surface area (Å²) in [5.41, 5.74) is 0.543. The molecule has 0 saturated carbocycles. The number of carbonyl (C=O) groups is 2. The first-order valence-corrected chi connectivity index (χ1v) is 6.96. The number of nitrogens with zero attached hydrogens (tertiary/aromatic N) is 2. The maximum atomic E-state index is 11.8. The fourth-order valence-electron chi connectivity index (χ4n) is 2.05. The molecule has 1 saturated heterocycles. The summed E-state index contributed by atoms with van der Waals surface area (Å²) < 4.78 is 0. The molecule has 0 atom stereocenters. The van der Waals surface area contributed by atoms with E-state index in [1.807, 2.05) is 11.8 Å². The summed E-state index contributed by atoms with van der Waals surface area (Å²) in [6.07, 6.45) is 3.36. The van der Waals surface area contributed by atoms with Crippen LogP contribution in [0.5, 0.6) is 0 Å². The summed E-state index contributed by atoms with van der Waals surface area (Å²) >= 11 is 0. The molecule has 1 aliphatic heterocycles. The topological polar surface area (TPSA) is 74.3 Å². The second kappa shape index (κ2) is 6.88. The van der Waals surface area contributed by atoms with Crippen LogP contribution in [-0.4, -0.2) is 43.0 Å². The molecule has 0 unspecified atom stereocenters. The van der Waals surface area contributed by atoms with Gasteiger partial charge >= 0.3 is 0 Å². The molecule has 0 aliphatic carbocycles. The van der Waals surface area contributed by atoms with Gasteiger partial charge in [-0.3, -0.25) is 9.59 Å². The van der Waals surface area contributed by atoms with Crippen molar-refractivity contribution in [2.75, 3.05) is 31.1 Å². The summed E-state index contributed by atoms with van der Waals surface area (Å²) in [6.45, 7) is 4.47. The number of rotatable bonds is 4. The third-order valence-corrected chi connectivity index (χ3v) is 3.13. The van der Waals surface area contributed by atoms with Crippen LogP contribution in [0, 0.1) is 0 Å². The van der Waals surface area contributed by atoms with Crippen molar-refractivity contribution < 1.29 is 9.59 Å². The largest absolute Gasteiger partial charge is 0.354 e. The zero-order valence-electron chi connectivity index (χ0n) is 11.7. The summed E-state index contributed by atoms with van der Waals surface area (Å²) in [5, 5.41) is 5.63. The summed E-state index contributed by atoms with van der Waals surface area (Å²) in [5.74, 6) is 0.627. The standard InChI is InChI=1S/C14H20N4O2/c1-2-6-16-14(20)11-4-5-12(17-9-11)18-8-3-7-15-13(19)10-18/h4-5,9H,2-3,6-8,10H2,1H3,(H,15,19)(H,16,20). The summed E-state index contributed by atoms with van der Waals surface area (Å²) in [7, 11) is 0. The minimum Gasteiger partial charge on any atom is -0.354 e. The molecule has 1 fully saturated rings. The minimum atomic E-state index is -0.112. The molecule has 0 radical (unpaired) electrons. The zero-order valence-corrected chi connectivity index (χ0v) is 11.7. The van der Waals surface area contributed by atoms with Crippen molar-refractivity contribution in [1.29, 1.82) is 0 Å². The number of pyridine rings is 1. The van der Waals surface area contributed by atoms with Gasteiger partial charge in [-0.1, -0.05) is 6.92 Å². The van der Waals surface area contributed by atoms with E-state index in [1.165, 1.54) is 0 Å². The van der Waals surface area contributed by atoms with Gasteiger partial charge in [0.15, 0.2) is 0 Å². The second-order valence-corrected chi connectivity index (χ2v) is 4.79. The van der Waals surface area contributed by atoms with E-state index in [0.29, 0.717) is 25.2 Å². The predicted molar refractivity (Wildman–Crippen MR) is 76.7 cm³/mol. The number of hydrogen-bond donors (Lipinski definition) is 2. The van der Waals surface area contributed by atoms with Crippen molar-refractivity contribution in [3.63, 3.8) is 0 Å². The van der Waals surface area contributed by atoms with E-state index in [9.17, 15) is 9.59 Å². The molecular weight excluding hydrogens is 256 g/mol. The second-order valence-electron chi connectivity index (χ2n) is 4.79. The third-order valence-electron chi connectivity index (χ3n) is 3.13. The fourth-order valence-corrected chi connectivity index (χ4v) is 2.05. The van der Waals surface area contributed by atoms with Gasteiger partial charge < -0.3 is 15.5 Å². The molecule has 20 heavy (non-hydrogen) atoms. The number of amides is 2. The SMILES string of the molecule is CCCNC(=O)c1ccc(N2CCCNC(=O)C2)nc1. The Morgan fingerprint density at radius 3 is 3.05 bits per heavy atom. The van der Waals surface area contributed by atoms with E-state index < -0.39 is 0 Å². The predicted octanol–water partition coefficient (Wildman–Crippen LogP) is 0.548. The van der Waals surface area contributed by atoms with Gasteiger partial charge in [0.05, 0.1) is 12.1 Å². The van der Waals surface area contributed by atoms with Gasteiger partial charge in [0.1, 0.15) is 5.82 Å². The van der Waals surface area contributed by atoms with Crippen LogP contribution in [0.15, 0.2) is 18.3 Å². The fraction of sp³-hybridized carbons (Fsp3) is 0.500. The first-order valence-electron chi connectivity index (χ1n) is 6.96. The van der Waals surface area contributed by atoms with Crippen molar-refractivity contribution >= 4 is 17.6 Å². The van der Waals surface area contributed by atoms with E-state index in [0.717, 1.165) is 25.2 Å². The molecule has 2 rings (SSSR count). The van der Waals surface area contributed by atoms with Crippen molar-refractivity contribution in [1.82, 2.24) is 15.6 Å². The molecule has 108 valence electrons. The van der Waals surface area contributed by atoms with Gasteiger partial charge in [0, 0.05) is 25.8 Å². The van der Waals surface area contributed by atoms with Gasteiger partial charge in [-0.2, -0.15) is 0 Å². The Hall–Kier alpha value is -2.11. The lowest BCUT2D eigenvalue weighted by atomic mass is 10.2. The van der Waals surface area contributed by atoms with Crippen molar-refractivity contribution in [3.8, 4) is 0 Å². The first-order chi connectivity index (χ1) is 9.70. The molecule has 6 heteroatoms. The molecule has 0 bridgehead atoms. The molecule has 2 N–H and O–H groups in total. The number of nitrogens with one attached hydrogen (secondary N) is 2. The smallest absolute Gasteiger partial charge is 0.252 e. The van der Waals surface area contributed by atoms with Crippen LogP contribution in [0.2, 0.25) is 0 Å². The highest BCUT2D eigenvalue weighted by Gasteiger charge is 2.16. The Morgan fingerprint density at radius 2 is 2.35 bits per heavy atom. The Bertz CT molecular complexity index is 473. The van der Waals surface area contributed by atoms with E-state index >= 15 is 0 Å². The lowest BCUT2D eigenvalue weighted by molar-refractivity contribution is -0.119. The van der Waals surface area contributed by atoms with Crippen LogP contribution < -0.4 is 15.5 Å². The zero-order chi connectivity index (χ0) is 14.4. The average molecular weight is 276 g/mol. The van der Waals surface area contributed by atoms with Crippen LogP contribution in [0.3, 0.4) is 0 Å². The van der Waals surface area contributed by atoms with E-state index in [4.69, 9.17) is 0 Å². The number of aromatic nitrogens is 1. The monoisotopic (exact) mass is 276 g/mol. The van der Waals surface area contributed by atoms with Crippen molar-refractivity contribution in [2.24, 2.45) is 0 Å². The van der Waals surface area contributed by atoms with Crippen LogP contribution in [-0.2, 0) is 4.79 Å². The van der Waals surface area contributed by atoms with E-state index in [-0.39, 0.29) is 11.8 Å². The summed E-state index contributed by atoms with van der Waals surface area (Å²) in [6, 6.07) is 3.54. The molecular formula is C14H20N4O2. The molecule has 2 amide bonds. The lowest BCUT2D eigenvalue weighted by Gasteiger charge is -2.19. The number of anilines is 1.